The maximum Gasteiger partial charge on any atom is 0.266 e. The number of benzene rings is 2. The predicted octanol–water partition coefficient (Wildman–Crippen LogP) is 1.59. The molecule has 2 aromatic rings. The summed E-state index contributed by atoms with van der Waals surface area (Å²) in [7, 11) is -2.68. The Balaban J connectivity index is 2.18. The van der Waals surface area contributed by atoms with Crippen LogP contribution in [0, 0.1) is 6.92 Å². The fourth-order valence-electron chi connectivity index (χ4n) is 2.20. The minimum absolute atomic E-state index is 0.131. The second-order valence-electron chi connectivity index (χ2n) is 5.42. The average molecular weight is 377 g/mol. The van der Waals surface area contributed by atoms with Crippen molar-refractivity contribution in [1.29, 1.82) is 0 Å². The fourth-order valence-corrected chi connectivity index (χ4v) is 3.05. The number of anilines is 1. The van der Waals surface area contributed by atoms with Gasteiger partial charge in [0, 0.05) is 18.6 Å². The number of ether oxygens (including phenoxy) is 1. The third-order valence-corrected chi connectivity index (χ3v) is 4.73. The smallest absolute Gasteiger partial charge is 0.266 e. The van der Waals surface area contributed by atoms with Crippen LogP contribution in [0.1, 0.15) is 22.8 Å². The van der Waals surface area contributed by atoms with E-state index in [0.717, 1.165) is 0 Å². The maximum atomic E-state index is 12.4. The van der Waals surface area contributed by atoms with Crippen LogP contribution in [0.15, 0.2) is 47.4 Å². The van der Waals surface area contributed by atoms with Crippen molar-refractivity contribution < 1.29 is 22.7 Å². The van der Waals surface area contributed by atoms with E-state index < -0.39 is 15.9 Å². The number of methoxy groups -OCH3 is 1. The summed E-state index contributed by atoms with van der Waals surface area (Å²) < 4.78 is 29.9. The second kappa shape index (κ2) is 7.98. The van der Waals surface area contributed by atoms with E-state index in [9.17, 15) is 18.0 Å². The lowest BCUT2D eigenvalue weighted by atomic mass is 10.1. The molecular formula is C17H19N3O5S. The van der Waals surface area contributed by atoms with Crippen molar-refractivity contribution in [2.75, 3.05) is 12.4 Å². The first-order valence-corrected chi connectivity index (χ1v) is 9.06. The number of hydrogen-bond acceptors (Lipinski definition) is 5. The predicted molar refractivity (Wildman–Crippen MR) is 96.3 cm³/mol. The molecule has 0 aromatic heterocycles. The third-order valence-electron chi connectivity index (χ3n) is 3.48. The molecule has 9 heteroatoms. The van der Waals surface area contributed by atoms with Gasteiger partial charge in [-0.05, 0) is 30.7 Å². The van der Waals surface area contributed by atoms with E-state index in [1.165, 1.54) is 32.2 Å². The molecule has 0 fully saturated rings. The maximum absolute atomic E-state index is 12.4. The van der Waals surface area contributed by atoms with Gasteiger partial charge in [-0.25, -0.2) is 8.42 Å². The molecule has 3 N–H and O–H groups in total. The highest BCUT2D eigenvalue weighted by molar-refractivity contribution is 7.89. The molecule has 0 spiro atoms. The molecule has 0 saturated carbocycles. The lowest BCUT2D eigenvalue weighted by Gasteiger charge is -2.13. The number of aryl methyl sites for hydroxylation is 1. The topological polar surface area (TPSA) is 114 Å². The van der Waals surface area contributed by atoms with Gasteiger partial charge in [0.05, 0.1) is 17.7 Å². The van der Waals surface area contributed by atoms with Gasteiger partial charge in [-0.1, -0.05) is 18.2 Å². The Morgan fingerprint density at radius 1 is 1.08 bits per heavy atom. The van der Waals surface area contributed by atoms with Gasteiger partial charge >= 0.3 is 0 Å². The molecule has 0 aliphatic carbocycles. The van der Waals surface area contributed by atoms with Gasteiger partial charge in [-0.3, -0.25) is 15.0 Å². The Labute approximate surface area is 151 Å². The normalized spacial score (nSPS) is 10.9. The number of sulfonamides is 1. The highest BCUT2D eigenvalue weighted by atomic mass is 32.2. The van der Waals surface area contributed by atoms with Crippen LogP contribution >= 0.6 is 0 Å². The molecular weight excluding hydrogens is 358 g/mol. The number of amides is 2. The van der Waals surface area contributed by atoms with E-state index in [1.807, 2.05) is 4.83 Å². The van der Waals surface area contributed by atoms with Crippen LogP contribution in [0.5, 0.6) is 5.75 Å². The number of hydrazine groups is 1. The van der Waals surface area contributed by atoms with Crippen molar-refractivity contribution in [2.45, 2.75) is 18.7 Å². The summed E-state index contributed by atoms with van der Waals surface area (Å²) in [6.45, 7) is 3.07. The molecule has 2 aromatic carbocycles. The quantitative estimate of drug-likeness (QED) is 0.662. The molecule has 0 unspecified atom stereocenters. The van der Waals surface area contributed by atoms with Crippen molar-refractivity contribution in [3.05, 3.63) is 53.6 Å². The van der Waals surface area contributed by atoms with E-state index in [1.54, 1.807) is 31.2 Å². The van der Waals surface area contributed by atoms with E-state index >= 15 is 0 Å². The zero-order chi connectivity index (χ0) is 19.3. The standard InChI is InChI=1S/C17H19N3O5S/c1-11-6-4-5-7-14(11)17(22)19-20-26(23,24)13-8-9-15(18-12(2)21)16(10-13)25-3/h4-10,20H,1-3H3,(H,18,21)(H,19,22). The first-order chi connectivity index (χ1) is 12.2. The van der Waals surface area contributed by atoms with Gasteiger partial charge in [0.1, 0.15) is 5.75 Å². The van der Waals surface area contributed by atoms with Gasteiger partial charge in [0.25, 0.3) is 15.9 Å². The number of hydrogen-bond donors (Lipinski definition) is 3. The molecule has 0 saturated heterocycles. The minimum Gasteiger partial charge on any atom is -0.495 e. The Bertz CT molecular complexity index is 941. The monoisotopic (exact) mass is 377 g/mol. The summed E-state index contributed by atoms with van der Waals surface area (Å²) in [5, 5.41) is 2.53. The van der Waals surface area contributed by atoms with Crippen LogP contribution in [0.2, 0.25) is 0 Å². The Morgan fingerprint density at radius 3 is 2.38 bits per heavy atom. The summed E-state index contributed by atoms with van der Waals surface area (Å²) in [6.07, 6.45) is 0. The Hall–Kier alpha value is -2.91. The first kappa shape index (κ1) is 19.4. The summed E-state index contributed by atoms with van der Waals surface area (Å²) in [5.74, 6) is -0.718. The molecule has 0 atom stereocenters. The molecule has 8 nitrogen and oxygen atoms in total. The second-order valence-corrected chi connectivity index (χ2v) is 7.10. The first-order valence-electron chi connectivity index (χ1n) is 7.58. The summed E-state index contributed by atoms with van der Waals surface area (Å²) in [5.41, 5.74) is 3.58. The zero-order valence-corrected chi connectivity index (χ0v) is 15.3. The highest BCUT2D eigenvalue weighted by Crippen LogP contribution is 2.27. The van der Waals surface area contributed by atoms with E-state index in [0.29, 0.717) is 16.8 Å². The van der Waals surface area contributed by atoms with Crippen LogP contribution in [0.25, 0.3) is 0 Å². The number of rotatable bonds is 6. The van der Waals surface area contributed by atoms with E-state index in [4.69, 9.17) is 4.74 Å². The van der Waals surface area contributed by atoms with Gasteiger partial charge in [-0.15, -0.1) is 4.83 Å². The molecule has 0 bridgehead atoms. The van der Waals surface area contributed by atoms with Crippen molar-refractivity contribution in [3.63, 3.8) is 0 Å². The van der Waals surface area contributed by atoms with Crippen molar-refractivity contribution >= 4 is 27.5 Å². The highest BCUT2D eigenvalue weighted by Gasteiger charge is 2.19. The van der Waals surface area contributed by atoms with Crippen molar-refractivity contribution in [3.8, 4) is 5.75 Å². The molecule has 2 rings (SSSR count). The van der Waals surface area contributed by atoms with Gasteiger partial charge in [0.2, 0.25) is 5.91 Å². The van der Waals surface area contributed by atoms with E-state index in [-0.39, 0.29) is 16.6 Å². The van der Waals surface area contributed by atoms with Gasteiger partial charge in [-0.2, -0.15) is 0 Å². The molecule has 2 amide bonds. The van der Waals surface area contributed by atoms with Crippen molar-refractivity contribution in [1.82, 2.24) is 10.3 Å². The van der Waals surface area contributed by atoms with Crippen LogP contribution in [0.3, 0.4) is 0 Å². The van der Waals surface area contributed by atoms with Crippen LogP contribution in [0.4, 0.5) is 5.69 Å². The number of carbonyl (C=O) groups excluding carboxylic acids is 2. The lowest BCUT2D eigenvalue weighted by Crippen LogP contribution is -2.41. The average Bonchev–Trinajstić information content (AvgIpc) is 2.60. The molecule has 26 heavy (non-hydrogen) atoms. The third kappa shape index (κ3) is 4.58. The molecule has 0 heterocycles. The number of carbonyl (C=O) groups is 2. The summed E-state index contributed by atoms with van der Waals surface area (Å²) >= 11 is 0. The fraction of sp³-hybridized carbons (Fsp3) is 0.176. The Kier molecular flexibility index (Phi) is 5.96. The molecule has 138 valence electrons. The van der Waals surface area contributed by atoms with Crippen LogP contribution in [-0.4, -0.2) is 27.3 Å². The number of nitrogens with one attached hydrogen (secondary N) is 3. The van der Waals surface area contributed by atoms with Gasteiger partial charge in [0.15, 0.2) is 0 Å². The van der Waals surface area contributed by atoms with E-state index in [2.05, 4.69) is 10.7 Å². The Morgan fingerprint density at radius 2 is 1.77 bits per heavy atom. The van der Waals surface area contributed by atoms with Crippen LogP contribution < -0.4 is 20.3 Å². The lowest BCUT2D eigenvalue weighted by molar-refractivity contribution is -0.114. The summed E-state index contributed by atoms with van der Waals surface area (Å²) in [4.78, 5) is 25.2. The van der Waals surface area contributed by atoms with Crippen molar-refractivity contribution in [2.24, 2.45) is 0 Å². The molecule has 0 radical (unpaired) electrons. The van der Waals surface area contributed by atoms with Crippen LogP contribution in [-0.2, 0) is 14.8 Å². The zero-order valence-electron chi connectivity index (χ0n) is 14.5. The molecule has 0 aliphatic heterocycles. The largest absolute Gasteiger partial charge is 0.495 e. The minimum atomic E-state index is -4.03. The van der Waals surface area contributed by atoms with Gasteiger partial charge < -0.3 is 10.1 Å². The molecule has 0 aliphatic rings. The summed E-state index contributed by atoms with van der Waals surface area (Å²) in [6, 6.07) is 10.7. The SMILES string of the molecule is COc1cc(S(=O)(=O)NNC(=O)c2ccccc2C)ccc1NC(C)=O.